The van der Waals surface area contributed by atoms with Crippen LogP contribution in [-0.2, 0) is 11.0 Å². The molecular weight excluding hydrogens is 355 g/mol. The molecule has 1 aromatic carbocycles. The molecule has 0 aromatic heterocycles. The Hall–Kier alpha value is -2.33. The number of nitrogens with one attached hydrogen (secondary N) is 2. The second kappa shape index (κ2) is 6.05. The van der Waals surface area contributed by atoms with Crippen molar-refractivity contribution in [1.29, 1.82) is 0 Å². The van der Waals surface area contributed by atoms with Crippen LogP contribution in [-0.4, -0.2) is 21.7 Å². The van der Waals surface area contributed by atoms with Gasteiger partial charge in [-0.3, -0.25) is 15.6 Å². The molecule has 0 unspecified atom stereocenters. The van der Waals surface area contributed by atoms with Crippen LogP contribution in [0.3, 0.4) is 0 Å². The minimum Gasteiger partial charge on any atom is -0.374 e. The molecule has 122 valence electrons. The molecule has 0 saturated carbocycles. The van der Waals surface area contributed by atoms with E-state index in [4.69, 9.17) is 17.3 Å². The molecule has 1 amide bonds. The van der Waals surface area contributed by atoms with E-state index >= 15 is 0 Å². The van der Waals surface area contributed by atoms with Crippen molar-refractivity contribution in [3.63, 3.8) is 0 Å². The van der Waals surface area contributed by atoms with E-state index in [1.165, 1.54) is 0 Å². The van der Waals surface area contributed by atoms with Gasteiger partial charge in [-0.05, 0) is 30.4 Å². The Bertz CT molecular complexity index is 734. The van der Waals surface area contributed by atoms with Crippen LogP contribution >= 0.6 is 23.8 Å². The fourth-order valence-corrected chi connectivity index (χ4v) is 1.94. The van der Waals surface area contributed by atoms with Gasteiger partial charge in [0.05, 0.1) is 22.0 Å². The number of amides is 1. The fraction of sp³-hybridized carbons (Fsp3) is 0.0833. The lowest BCUT2D eigenvalue weighted by Crippen LogP contribution is -2.43. The van der Waals surface area contributed by atoms with Crippen molar-refractivity contribution in [3.05, 3.63) is 41.1 Å². The lowest BCUT2D eigenvalue weighted by molar-refractivity contribution is -0.137. The first kappa shape index (κ1) is 17.0. The zero-order valence-electron chi connectivity index (χ0n) is 11.2. The van der Waals surface area contributed by atoms with Gasteiger partial charge in [-0.2, -0.15) is 23.3 Å². The van der Waals surface area contributed by atoms with E-state index in [-0.39, 0.29) is 27.2 Å². The smallest absolute Gasteiger partial charge is 0.374 e. The number of anilines is 1. The second-order valence-electron chi connectivity index (χ2n) is 4.33. The summed E-state index contributed by atoms with van der Waals surface area (Å²) in [5.41, 5.74) is 8.97. The van der Waals surface area contributed by atoms with Crippen LogP contribution in [0.2, 0.25) is 5.02 Å². The summed E-state index contributed by atoms with van der Waals surface area (Å²) < 4.78 is 38.1. The van der Waals surface area contributed by atoms with Gasteiger partial charge in [0, 0.05) is 0 Å². The Balaban J connectivity index is 2.28. The molecule has 1 heterocycles. The summed E-state index contributed by atoms with van der Waals surface area (Å²) in [5, 5.41) is 4.29. The molecule has 1 aromatic rings. The van der Waals surface area contributed by atoms with E-state index in [2.05, 4.69) is 34.7 Å². The van der Waals surface area contributed by atoms with Crippen LogP contribution in [0, 0.1) is 0 Å². The lowest BCUT2D eigenvalue weighted by atomic mass is 10.2. The van der Waals surface area contributed by atoms with Crippen molar-refractivity contribution in [2.24, 2.45) is 10.8 Å². The first-order chi connectivity index (χ1) is 10.6. The van der Waals surface area contributed by atoms with Crippen LogP contribution in [0.1, 0.15) is 5.56 Å². The Morgan fingerprint density at radius 3 is 2.65 bits per heavy atom. The first-order valence-corrected chi connectivity index (χ1v) is 6.70. The monoisotopic (exact) mass is 363 g/mol. The average molecular weight is 364 g/mol. The van der Waals surface area contributed by atoms with E-state index < -0.39 is 17.6 Å². The highest BCUT2D eigenvalue weighted by atomic mass is 35.5. The maximum Gasteiger partial charge on any atom is 0.416 e. The zero-order chi connectivity index (χ0) is 17.4. The lowest BCUT2D eigenvalue weighted by Gasteiger charge is -2.11. The van der Waals surface area contributed by atoms with Gasteiger partial charge in [0.2, 0.25) is 0 Å². The van der Waals surface area contributed by atoms with Crippen LogP contribution < -0.4 is 16.6 Å². The number of rotatable bonds is 2. The zero-order valence-corrected chi connectivity index (χ0v) is 12.8. The van der Waals surface area contributed by atoms with Crippen molar-refractivity contribution in [1.82, 2.24) is 10.4 Å². The minimum absolute atomic E-state index is 0.00225. The summed E-state index contributed by atoms with van der Waals surface area (Å²) in [6.45, 7) is 3.54. The van der Waals surface area contributed by atoms with Crippen LogP contribution in [0.25, 0.3) is 0 Å². The van der Waals surface area contributed by atoms with Gasteiger partial charge in [0.15, 0.2) is 10.8 Å². The first-order valence-electron chi connectivity index (χ1n) is 5.91. The average Bonchev–Trinajstić information content (AvgIpc) is 2.72. The Labute approximate surface area is 138 Å². The van der Waals surface area contributed by atoms with E-state index in [0.29, 0.717) is 0 Å². The second-order valence-corrected chi connectivity index (χ2v) is 5.16. The summed E-state index contributed by atoms with van der Waals surface area (Å²) in [4.78, 5) is 11.9. The number of nitrogens with zero attached hydrogens (tertiary/aromatic N) is 2. The predicted molar refractivity (Wildman–Crippen MR) is 83.4 cm³/mol. The molecule has 0 aliphatic carbocycles. The number of halogens is 4. The maximum absolute atomic E-state index is 12.7. The molecule has 0 spiro atoms. The number of benzene rings is 1. The highest BCUT2D eigenvalue weighted by Gasteiger charge is 2.33. The number of carbonyl (C=O) groups excluding carboxylic acids is 1. The quantitative estimate of drug-likeness (QED) is 0.554. The third-order valence-electron chi connectivity index (χ3n) is 2.74. The van der Waals surface area contributed by atoms with Crippen LogP contribution in [0.5, 0.6) is 0 Å². The van der Waals surface area contributed by atoms with Gasteiger partial charge < -0.3 is 5.73 Å². The summed E-state index contributed by atoms with van der Waals surface area (Å²) in [5.74, 6) is -0.696. The highest BCUT2D eigenvalue weighted by molar-refractivity contribution is 7.80. The number of thiocarbonyl (C=S) groups is 1. The number of hydrazine groups is 1. The normalized spacial score (nSPS) is 16.7. The van der Waals surface area contributed by atoms with Crippen molar-refractivity contribution in [2.75, 3.05) is 5.43 Å². The van der Waals surface area contributed by atoms with E-state index in [1.807, 2.05) is 0 Å². The van der Waals surface area contributed by atoms with Crippen molar-refractivity contribution >= 4 is 46.2 Å². The minimum atomic E-state index is -4.54. The molecular formula is C12H9ClF3N5OS. The van der Waals surface area contributed by atoms with Crippen LogP contribution in [0.4, 0.5) is 18.9 Å². The topological polar surface area (TPSA) is 82.8 Å². The molecule has 1 aliphatic rings. The molecule has 0 atom stereocenters. The molecule has 0 bridgehead atoms. The van der Waals surface area contributed by atoms with Gasteiger partial charge in [-0.1, -0.05) is 18.2 Å². The third-order valence-corrected chi connectivity index (χ3v) is 3.25. The number of hydrogen-bond acceptors (Lipinski definition) is 5. The van der Waals surface area contributed by atoms with Crippen molar-refractivity contribution in [2.45, 2.75) is 6.18 Å². The summed E-state index contributed by atoms with van der Waals surface area (Å²) in [6.07, 6.45) is -4.54. The highest BCUT2D eigenvalue weighted by Crippen LogP contribution is 2.33. The molecule has 6 nitrogen and oxygen atoms in total. The largest absolute Gasteiger partial charge is 0.416 e. The number of nitrogens with two attached hydrogens (primary N) is 1. The third kappa shape index (κ3) is 3.54. The molecule has 4 N–H and O–H groups in total. The molecule has 1 fully saturated rings. The predicted octanol–water partition coefficient (Wildman–Crippen LogP) is 2.23. The Kier molecular flexibility index (Phi) is 4.48. The van der Waals surface area contributed by atoms with Crippen molar-refractivity contribution in [3.8, 4) is 0 Å². The summed E-state index contributed by atoms with van der Waals surface area (Å²) in [7, 11) is 0. The van der Waals surface area contributed by atoms with Crippen LogP contribution in [0.15, 0.2) is 35.6 Å². The summed E-state index contributed by atoms with van der Waals surface area (Å²) >= 11 is 10.5. The van der Waals surface area contributed by atoms with E-state index in [1.54, 1.807) is 0 Å². The van der Waals surface area contributed by atoms with Gasteiger partial charge >= 0.3 is 12.1 Å². The van der Waals surface area contributed by atoms with Gasteiger partial charge in [-0.15, -0.1) is 0 Å². The fourth-order valence-electron chi connectivity index (χ4n) is 1.65. The van der Waals surface area contributed by atoms with Crippen molar-refractivity contribution < 1.29 is 18.0 Å². The maximum atomic E-state index is 12.7. The standard InChI is InChI=1S/C12H9ClF3N5OS/c1-5-9(10(22)21(20-5)11(17)23)19-18-8-4-6(12(14,15)16)2-3-7(8)13/h2-4,18,20H,1H2,(H2,17,23)/b19-9+. The molecule has 2 rings (SSSR count). The molecule has 1 aliphatic heterocycles. The van der Waals surface area contributed by atoms with E-state index in [9.17, 15) is 18.0 Å². The Morgan fingerprint density at radius 1 is 1.48 bits per heavy atom. The number of alkyl halides is 3. The molecule has 0 radical (unpaired) electrons. The molecule has 23 heavy (non-hydrogen) atoms. The van der Waals surface area contributed by atoms with Gasteiger partial charge in [-0.25, -0.2) is 0 Å². The number of carbonyl (C=O) groups is 1. The SMILES string of the molecule is C=C1NN(C(N)=S)C(=O)/C1=N/Nc1cc(C(F)(F)F)ccc1Cl. The summed E-state index contributed by atoms with van der Waals surface area (Å²) in [6, 6.07) is 2.67. The number of hydrazone groups is 1. The Morgan fingerprint density at radius 2 is 2.13 bits per heavy atom. The molecule has 1 saturated heterocycles. The molecule has 11 heteroatoms. The van der Waals surface area contributed by atoms with Gasteiger partial charge in [0.25, 0.3) is 0 Å². The number of hydrogen-bond donors (Lipinski definition) is 3. The van der Waals surface area contributed by atoms with Gasteiger partial charge in [0.1, 0.15) is 0 Å². The van der Waals surface area contributed by atoms with E-state index in [0.717, 1.165) is 23.2 Å².